The van der Waals surface area contributed by atoms with Crippen LogP contribution in [0.15, 0.2) is 0 Å². The van der Waals surface area contributed by atoms with Crippen molar-refractivity contribution in [2.45, 2.75) is 38.3 Å². The molecule has 3 nitrogen and oxygen atoms in total. The third-order valence-electron chi connectivity index (χ3n) is 3.51. The van der Waals surface area contributed by atoms with Crippen LogP contribution in [-0.4, -0.2) is 43.3 Å². The van der Waals surface area contributed by atoms with Crippen LogP contribution in [0.25, 0.3) is 0 Å². The molecule has 2 atom stereocenters. The zero-order valence-corrected chi connectivity index (χ0v) is 9.05. The Morgan fingerprint density at radius 1 is 1.62 bits per heavy atom. The Labute approximate surface area is 81.2 Å². The number of nitrogens with zero attached hydrogens (tertiary/aromatic N) is 1. The van der Waals surface area contributed by atoms with Crippen LogP contribution in [0.2, 0.25) is 0 Å². The lowest BCUT2D eigenvalue weighted by Gasteiger charge is -2.40. The van der Waals surface area contributed by atoms with Crippen molar-refractivity contribution in [3.8, 4) is 0 Å². The summed E-state index contributed by atoms with van der Waals surface area (Å²) in [6.07, 6.45) is 2.24. The second-order valence-corrected chi connectivity index (χ2v) is 4.18. The number of nitrogens with two attached hydrogens (primary N) is 1. The average molecular weight is 186 g/mol. The molecule has 78 valence electrons. The molecule has 2 unspecified atom stereocenters. The first-order valence-corrected chi connectivity index (χ1v) is 5.15. The molecule has 1 aliphatic heterocycles. The summed E-state index contributed by atoms with van der Waals surface area (Å²) in [5.74, 6) is 0. The molecule has 0 bridgehead atoms. The van der Waals surface area contributed by atoms with Gasteiger partial charge in [-0.05, 0) is 26.8 Å². The Balaban J connectivity index is 2.57. The Morgan fingerprint density at radius 3 is 2.69 bits per heavy atom. The van der Waals surface area contributed by atoms with Crippen LogP contribution in [0.4, 0.5) is 0 Å². The van der Waals surface area contributed by atoms with Crippen LogP contribution >= 0.6 is 0 Å². The second-order valence-electron chi connectivity index (χ2n) is 4.18. The third-order valence-corrected chi connectivity index (χ3v) is 3.51. The van der Waals surface area contributed by atoms with Crippen molar-refractivity contribution in [2.75, 3.05) is 26.8 Å². The molecule has 1 aliphatic rings. The maximum Gasteiger partial charge on any atom is 0.0622 e. The molecule has 0 spiro atoms. The van der Waals surface area contributed by atoms with Crippen molar-refractivity contribution >= 4 is 0 Å². The van der Waals surface area contributed by atoms with Gasteiger partial charge in [-0.2, -0.15) is 0 Å². The molecule has 0 aromatic carbocycles. The Hall–Kier alpha value is -0.120. The highest BCUT2D eigenvalue weighted by atomic mass is 16.5. The van der Waals surface area contributed by atoms with Crippen molar-refractivity contribution < 1.29 is 4.74 Å². The van der Waals surface area contributed by atoms with Crippen LogP contribution in [0, 0.1) is 0 Å². The van der Waals surface area contributed by atoms with Gasteiger partial charge in [0.1, 0.15) is 0 Å². The standard InChI is InChI=1S/C10H22N2O/c1-4-10(2,8-11)12(3)9-5-6-13-7-9/h9H,4-8,11H2,1-3H3. The molecule has 0 radical (unpaired) electrons. The van der Waals surface area contributed by atoms with Gasteiger partial charge in [0.05, 0.1) is 6.61 Å². The summed E-state index contributed by atoms with van der Waals surface area (Å²) in [7, 11) is 2.16. The summed E-state index contributed by atoms with van der Waals surface area (Å²) >= 11 is 0. The minimum atomic E-state index is 0.137. The number of rotatable bonds is 4. The molecule has 0 amide bonds. The normalized spacial score (nSPS) is 27.9. The number of ether oxygens (including phenoxy) is 1. The Morgan fingerprint density at radius 2 is 2.31 bits per heavy atom. The summed E-state index contributed by atoms with van der Waals surface area (Å²) in [6, 6.07) is 0.563. The highest BCUT2D eigenvalue weighted by molar-refractivity contribution is 4.89. The van der Waals surface area contributed by atoms with Gasteiger partial charge >= 0.3 is 0 Å². The van der Waals surface area contributed by atoms with Crippen molar-refractivity contribution in [2.24, 2.45) is 5.73 Å². The van der Waals surface area contributed by atoms with E-state index in [1.165, 1.54) is 0 Å². The quantitative estimate of drug-likeness (QED) is 0.707. The van der Waals surface area contributed by atoms with Crippen LogP contribution < -0.4 is 5.73 Å². The van der Waals surface area contributed by atoms with E-state index >= 15 is 0 Å². The van der Waals surface area contributed by atoms with E-state index in [2.05, 4.69) is 25.8 Å². The first kappa shape index (κ1) is 11.0. The minimum absolute atomic E-state index is 0.137. The molecule has 1 saturated heterocycles. The predicted molar refractivity (Wildman–Crippen MR) is 54.7 cm³/mol. The lowest BCUT2D eigenvalue weighted by atomic mass is 9.95. The minimum Gasteiger partial charge on any atom is -0.380 e. The maximum atomic E-state index is 5.80. The molecule has 1 rings (SSSR count). The topological polar surface area (TPSA) is 38.5 Å². The highest BCUT2D eigenvalue weighted by Gasteiger charge is 2.32. The highest BCUT2D eigenvalue weighted by Crippen LogP contribution is 2.22. The van der Waals surface area contributed by atoms with E-state index in [4.69, 9.17) is 10.5 Å². The molecule has 2 N–H and O–H groups in total. The molecular weight excluding hydrogens is 164 g/mol. The number of likely N-dealkylation sites (N-methyl/N-ethyl adjacent to an activating group) is 1. The fourth-order valence-electron chi connectivity index (χ4n) is 1.81. The van der Waals surface area contributed by atoms with Gasteiger partial charge in [0, 0.05) is 24.7 Å². The first-order valence-electron chi connectivity index (χ1n) is 5.15. The largest absolute Gasteiger partial charge is 0.380 e. The fraction of sp³-hybridized carbons (Fsp3) is 1.00. The van der Waals surface area contributed by atoms with E-state index in [0.717, 1.165) is 32.6 Å². The molecule has 0 aliphatic carbocycles. The molecule has 1 fully saturated rings. The van der Waals surface area contributed by atoms with E-state index in [1.807, 2.05) is 0 Å². The van der Waals surface area contributed by atoms with Gasteiger partial charge in [-0.15, -0.1) is 0 Å². The molecule has 3 heteroatoms. The Kier molecular flexibility index (Phi) is 3.71. The van der Waals surface area contributed by atoms with Gasteiger partial charge in [0.25, 0.3) is 0 Å². The maximum absolute atomic E-state index is 5.80. The van der Waals surface area contributed by atoms with Crippen molar-refractivity contribution in [1.29, 1.82) is 0 Å². The average Bonchev–Trinajstić information content (AvgIpc) is 2.68. The SMILES string of the molecule is CCC(C)(CN)N(C)C1CCOC1. The predicted octanol–water partition coefficient (Wildman–Crippen LogP) is 0.834. The second kappa shape index (κ2) is 4.40. The summed E-state index contributed by atoms with van der Waals surface area (Å²) in [4.78, 5) is 2.39. The molecule has 0 aromatic heterocycles. The summed E-state index contributed by atoms with van der Waals surface area (Å²) in [5, 5.41) is 0. The monoisotopic (exact) mass is 186 g/mol. The zero-order chi connectivity index (χ0) is 9.90. The van der Waals surface area contributed by atoms with E-state index in [1.54, 1.807) is 0 Å². The third kappa shape index (κ3) is 2.22. The Bertz CT molecular complexity index is 151. The summed E-state index contributed by atoms with van der Waals surface area (Å²) < 4.78 is 5.38. The van der Waals surface area contributed by atoms with Gasteiger partial charge < -0.3 is 10.5 Å². The summed E-state index contributed by atoms with van der Waals surface area (Å²) in [5.41, 5.74) is 5.94. The van der Waals surface area contributed by atoms with Crippen molar-refractivity contribution in [1.82, 2.24) is 4.90 Å². The van der Waals surface area contributed by atoms with Crippen LogP contribution in [0.3, 0.4) is 0 Å². The lowest BCUT2D eigenvalue weighted by molar-refractivity contribution is 0.0756. The number of hydrogen-bond donors (Lipinski definition) is 1. The van der Waals surface area contributed by atoms with Gasteiger partial charge in [-0.25, -0.2) is 0 Å². The lowest BCUT2D eigenvalue weighted by Crippen LogP contribution is -2.53. The van der Waals surface area contributed by atoms with Crippen molar-refractivity contribution in [3.05, 3.63) is 0 Å². The zero-order valence-electron chi connectivity index (χ0n) is 9.05. The van der Waals surface area contributed by atoms with Gasteiger partial charge in [0.2, 0.25) is 0 Å². The van der Waals surface area contributed by atoms with Crippen LogP contribution in [0.5, 0.6) is 0 Å². The van der Waals surface area contributed by atoms with E-state index in [0.29, 0.717) is 6.04 Å². The number of hydrogen-bond acceptors (Lipinski definition) is 3. The molecule has 1 heterocycles. The van der Waals surface area contributed by atoms with Gasteiger partial charge in [-0.1, -0.05) is 6.92 Å². The molecule has 0 saturated carbocycles. The van der Waals surface area contributed by atoms with Gasteiger partial charge in [0.15, 0.2) is 0 Å². The van der Waals surface area contributed by atoms with E-state index in [9.17, 15) is 0 Å². The first-order chi connectivity index (χ1) is 6.14. The van der Waals surface area contributed by atoms with E-state index in [-0.39, 0.29) is 5.54 Å². The fourth-order valence-corrected chi connectivity index (χ4v) is 1.81. The molecule has 0 aromatic rings. The van der Waals surface area contributed by atoms with Gasteiger partial charge in [-0.3, -0.25) is 4.90 Å². The van der Waals surface area contributed by atoms with Crippen LogP contribution in [-0.2, 0) is 4.74 Å². The summed E-state index contributed by atoms with van der Waals surface area (Å²) in [6.45, 7) is 6.91. The van der Waals surface area contributed by atoms with Crippen LogP contribution in [0.1, 0.15) is 26.7 Å². The van der Waals surface area contributed by atoms with E-state index < -0.39 is 0 Å². The molecular formula is C10H22N2O. The molecule has 13 heavy (non-hydrogen) atoms. The van der Waals surface area contributed by atoms with Crippen molar-refractivity contribution in [3.63, 3.8) is 0 Å². The smallest absolute Gasteiger partial charge is 0.0622 e.